The second-order valence-electron chi connectivity index (χ2n) is 3.97. The van der Waals surface area contributed by atoms with Crippen molar-refractivity contribution in [1.29, 1.82) is 0 Å². The van der Waals surface area contributed by atoms with Crippen LogP contribution < -0.4 is 16.6 Å². The average molecular weight is 263 g/mol. The Bertz CT molecular complexity index is 530. The summed E-state index contributed by atoms with van der Waals surface area (Å²) in [5.74, 6) is 6.71. The molecule has 0 saturated heterocycles. The third kappa shape index (κ3) is 3.12. The maximum Gasteiger partial charge on any atom is 0.142 e. The Morgan fingerprint density at radius 3 is 2.61 bits per heavy atom. The van der Waals surface area contributed by atoms with Crippen LogP contribution in [-0.4, -0.2) is 4.98 Å². The van der Waals surface area contributed by atoms with Gasteiger partial charge < -0.3 is 10.7 Å². The molecule has 4 nitrogen and oxygen atoms in total. The number of aromatic nitrogens is 1. The predicted octanol–water partition coefficient (Wildman–Crippen LogP) is 3.19. The molecule has 0 spiro atoms. The van der Waals surface area contributed by atoms with E-state index >= 15 is 0 Å². The molecular weight excluding hydrogens is 248 g/mol. The maximum absolute atomic E-state index is 5.97. The van der Waals surface area contributed by atoms with Gasteiger partial charge in [-0.15, -0.1) is 0 Å². The molecule has 1 atom stereocenters. The van der Waals surface area contributed by atoms with Crippen molar-refractivity contribution in [2.24, 2.45) is 5.84 Å². The van der Waals surface area contributed by atoms with Crippen molar-refractivity contribution in [2.45, 2.75) is 13.0 Å². The summed E-state index contributed by atoms with van der Waals surface area (Å²) in [6, 6.07) is 13.4. The van der Waals surface area contributed by atoms with Gasteiger partial charge in [0.15, 0.2) is 0 Å². The van der Waals surface area contributed by atoms with Gasteiger partial charge in [0, 0.05) is 11.1 Å². The number of hydrogen-bond donors (Lipinski definition) is 3. The summed E-state index contributed by atoms with van der Waals surface area (Å²) >= 11 is 5.97. The van der Waals surface area contributed by atoms with E-state index < -0.39 is 0 Å². The third-order valence-corrected chi connectivity index (χ3v) is 2.85. The van der Waals surface area contributed by atoms with Crippen molar-refractivity contribution >= 4 is 23.2 Å². The van der Waals surface area contributed by atoms with Gasteiger partial charge in [0.25, 0.3) is 0 Å². The number of halogens is 1. The lowest BCUT2D eigenvalue weighted by Gasteiger charge is -2.15. The molecule has 0 saturated carbocycles. The van der Waals surface area contributed by atoms with Crippen molar-refractivity contribution in [3.05, 3.63) is 53.1 Å². The number of nitrogen functional groups attached to an aromatic ring is 1. The second kappa shape index (κ2) is 5.71. The van der Waals surface area contributed by atoms with E-state index in [1.54, 1.807) is 6.07 Å². The van der Waals surface area contributed by atoms with E-state index in [4.69, 9.17) is 17.4 Å². The smallest absolute Gasteiger partial charge is 0.142 e. The Morgan fingerprint density at radius 1 is 1.17 bits per heavy atom. The molecule has 4 N–H and O–H groups in total. The zero-order chi connectivity index (χ0) is 13.0. The minimum atomic E-state index is 0.115. The monoisotopic (exact) mass is 262 g/mol. The van der Waals surface area contributed by atoms with Crippen LogP contribution in [-0.2, 0) is 0 Å². The molecule has 0 fully saturated rings. The highest BCUT2D eigenvalue weighted by atomic mass is 35.5. The minimum absolute atomic E-state index is 0.115. The number of hydrogen-bond acceptors (Lipinski definition) is 4. The summed E-state index contributed by atoms with van der Waals surface area (Å²) in [6.07, 6.45) is 0. The molecule has 1 aromatic carbocycles. The van der Waals surface area contributed by atoms with Crippen molar-refractivity contribution in [2.75, 3.05) is 10.7 Å². The first-order valence-corrected chi connectivity index (χ1v) is 6.02. The van der Waals surface area contributed by atoms with Gasteiger partial charge in [-0.2, -0.15) is 0 Å². The highest BCUT2D eigenvalue weighted by Gasteiger charge is 2.06. The lowest BCUT2D eigenvalue weighted by atomic mass is 10.1. The molecule has 0 bridgehead atoms. The van der Waals surface area contributed by atoms with Crippen molar-refractivity contribution in [3.63, 3.8) is 0 Å². The normalized spacial score (nSPS) is 11.9. The van der Waals surface area contributed by atoms with Gasteiger partial charge in [-0.05, 0) is 36.8 Å². The Kier molecular flexibility index (Phi) is 4.02. The summed E-state index contributed by atoms with van der Waals surface area (Å²) in [5.41, 5.74) is 3.62. The average Bonchev–Trinajstić information content (AvgIpc) is 2.39. The Labute approximate surface area is 111 Å². The molecule has 1 unspecified atom stereocenters. The number of nitrogens with zero attached hydrogens (tertiary/aromatic N) is 1. The zero-order valence-corrected chi connectivity index (χ0v) is 10.8. The summed E-state index contributed by atoms with van der Waals surface area (Å²) in [4.78, 5) is 4.30. The number of rotatable bonds is 4. The van der Waals surface area contributed by atoms with Crippen molar-refractivity contribution < 1.29 is 0 Å². The van der Waals surface area contributed by atoms with E-state index in [9.17, 15) is 0 Å². The Hall–Kier alpha value is -1.78. The number of nitrogens with two attached hydrogens (primary N) is 1. The lowest BCUT2D eigenvalue weighted by Crippen LogP contribution is -2.11. The van der Waals surface area contributed by atoms with Crippen LogP contribution in [0.15, 0.2) is 42.5 Å². The summed E-state index contributed by atoms with van der Waals surface area (Å²) in [6.45, 7) is 2.05. The molecule has 0 aliphatic rings. The van der Waals surface area contributed by atoms with Crippen LogP contribution in [0.25, 0.3) is 0 Å². The summed E-state index contributed by atoms with van der Waals surface area (Å²) in [7, 11) is 0. The fourth-order valence-corrected chi connectivity index (χ4v) is 1.88. The van der Waals surface area contributed by atoms with Gasteiger partial charge >= 0.3 is 0 Å². The Balaban J connectivity index is 2.13. The third-order valence-electron chi connectivity index (χ3n) is 2.61. The minimum Gasteiger partial charge on any atom is -0.363 e. The van der Waals surface area contributed by atoms with E-state index in [1.165, 1.54) is 0 Å². The largest absolute Gasteiger partial charge is 0.363 e. The highest BCUT2D eigenvalue weighted by molar-refractivity contribution is 6.30. The van der Waals surface area contributed by atoms with Crippen LogP contribution >= 0.6 is 11.6 Å². The number of nitrogens with one attached hydrogen (secondary N) is 2. The van der Waals surface area contributed by atoms with Gasteiger partial charge in [-0.3, -0.25) is 0 Å². The van der Waals surface area contributed by atoms with Crippen LogP contribution in [0.4, 0.5) is 11.6 Å². The fraction of sp³-hybridized carbons (Fsp3) is 0.154. The molecule has 94 valence electrons. The molecule has 0 radical (unpaired) electrons. The Morgan fingerprint density at radius 2 is 1.89 bits per heavy atom. The lowest BCUT2D eigenvalue weighted by molar-refractivity contribution is 0.875. The van der Waals surface area contributed by atoms with E-state index in [1.807, 2.05) is 36.4 Å². The second-order valence-corrected chi connectivity index (χ2v) is 4.41. The molecule has 2 rings (SSSR count). The molecule has 0 amide bonds. The van der Waals surface area contributed by atoms with Crippen LogP contribution in [0.5, 0.6) is 0 Å². The molecule has 1 aromatic heterocycles. The number of pyridine rings is 1. The molecule has 0 aliphatic carbocycles. The predicted molar refractivity (Wildman–Crippen MR) is 75.5 cm³/mol. The number of anilines is 2. The quantitative estimate of drug-likeness (QED) is 0.585. The molecular formula is C13H15ClN4. The standard InChI is InChI=1S/C13H15ClN4/c1-9(10-4-2-5-11(14)8-10)16-12-6-3-7-13(17-12)18-15/h2-9H,15H2,1H3,(H2,16,17,18). The van der Waals surface area contributed by atoms with E-state index in [0.29, 0.717) is 5.82 Å². The van der Waals surface area contributed by atoms with Crippen molar-refractivity contribution in [1.82, 2.24) is 4.98 Å². The van der Waals surface area contributed by atoms with Crippen LogP contribution in [0.3, 0.4) is 0 Å². The fourth-order valence-electron chi connectivity index (χ4n) is 1.68. The van der Waals surface area contributed by atoms with Gasteiger partial charge in [0.1, 0.15) is 11.6 Å². The van der Waals surface area contributed by atoms with Gasteiger partial charge in [-0.1, -0.05) is 29.8 Å². The molecule has 5 heteroatoms. The molecule has 2 aromatic rings. The van der Waals surface area contributed by atoms with E-state index in [2.05, 4.69) is 22.7 Å². The number of benzene rings is 1. The first-order valence-electron chi connectivity index (χ1n) is 5.64. The van der Waals surface area contributed by atoms with Gasteiger partial charge in [0.2, 0.25) is 0 Å². The van der Waals surface area contributed by atoms with Gasteiger partial charge in [0.05, 0.1) is 0 Å². The van der Waals surface area contributed by atoms with Crippen LogP contribution in [0, 0.1) is 0 Å². The topological polar surface area (TPSA) is 63.0 Å². The van der Waals surface area contributed by atoms with Crippen LogP contribution in [0.1, 0.15) is 18.5 Å². The first-order chi connectivity index (χ1) is 8.69. The highest BCUT2D eigenvalue weighted by Crippen LogP contribution is 2.21. The van der Waals surface area contributed by atoms with Crippen molar-refractivity contribution in [3.8, 4) is 0 Å². The molecule has 18 heavy (non-hydrogen) atoms. The van der Waals surface area contributed by atoms with Crippen LogP contribution in [0.2, 0.25) is 5.02 Å². The SMILES string of the molecule is CC(Nc1cccc(NN)n1)c1cccc(Cl)c1. The summed E-state index contributed by atoms with van der Waals surface area (Å²) in [5, 5.41) is 4.02. The summed E-state index contributed by atoms with van der Waals surface area (Å²) < 4.78 is 0. The first kappa shape index (κ1) is 12.7. The zero-order valence-electron chi connectivity index (χ0n) is 10.0. The number of hydrazine groups is 1. The van der Waals surface area contributed by atoms with E-state index in [-0.39, 0.29) is 6.04 Å². The molecule has 0 aliphatic heterocycles. The van der Waals surface area contributed by atoms with Gasteiger partial charge in [-0.25, -0.2) is 10.8 Å². The molecule has 1 heterocycles. The van der Waals surface area contributed by atoms with E-state index in [0.717, 1.165) is 16.4 Å². The maximum atomic E-state index is 5.97.